The second kappa shape index (κ2) is 8.32. The number of hydrogen-bond acceptors (Lipinski definition) is 4. The van der Waals surface area contributed by atoms with Gasteiger partial charge in [-0.25, -0.2) is 4.57 Å². The fourth-order valence-corrected chi connectivity index (χ4v) is 3.71. The molecule has 29 heavy (non-hydrogen) atoms. The summed E-state index contributed by atoms with van der Waals surface area (Å²) in [5.74, 6) is 1.44. The first-order valence-electron chi connectivity index (χ1n) is 9.29. The van der Waals surface area contributed by atoms with E-state index < -0.39 is 7.82 Å². The Balaban J connectivity index is 1.92. The zero-order chi connectivity index (χ0) is 21.2. The summed E-state index contributed by atoms with van der Waals surface area (Å²) in [5.41, 5.74) is 4.45. The van der Waals surface area contributed by atoms with Crippen molar-refractivity contribution in [3.8, 4) is 23.0 Å². The molecule has 0 aliphatic rings. The Bertz CT molecular complexity index is 1070. The van der Waals surface area contributed by atoms with E-state index in [1.165, 1.54) is 0 Å². The minimum absolute atomic E-state index is 0.182. The maximum absolute atomic E-state index is 12.8. The summed E-state index contributed by atoms with van der Waals surface area (Å²) in [6, 6.07) is 16.4. The van der Waals surface area contributed by atoms with E-state index in [9.17, 15) is 9.46 Å². The van der Waals surface area contributed by atoms with Gasteiger partial charge in [0.15, 0.2) is 11.5 Å². The average molecular weight is 412 g/mol. The molecule has 0 saturated heterocycles. The predicted molar refractivity (Wildman–Crippen MR) is 114 cm³/mol. The van der Waals surface area contributed by atoms with Gasteiger partial charge in [0.1, 0.15) is 11.5 Å². The van der Waals surface area contributed by atoms with E-state index >= 15 is 0 Å². The van der Waals surface area contributed by atoms with Gasteiger partial charge in [0.25, 0.3) is 0 Å². The first-order chi connectivity index (χ1) is 13.7. The van der Waals surface area contributed by atoms with Crippen LogP contribution < -0.4 is 13.8 Å². The van der Waals surface area contributed by atoms with E-state index in [0.29, 0.717) is 22.8 Å². The number of aryl methyl sites for hydroxylation is 3. The van der Waals surface area contributed by atoms with Crippen molar-refractivity contribution in [2.24, 2.45) is 0 Å². The third-order valence-electron chi connectivity index (χ3n) is 4.86. The molecule has 1 atom stereocenters. The van der Waals surface area contributed by atoms with Gasteiger partial charge in [-0.2, -0.15) is 0 Å². The van der Waals surface area contributed by atoms with Gasteiger partial charge >= 0.3 is 7.82 Å². The van der Waals surface area contributed by atoms with Gasteiger partial charge in [-0.3, -0.25) is 4.89 Å². The molecule has 0 aromatic heterocycles. The molecule has 1 N–H and O–H groups in total. The number of phosphoric acid groups is 1. The summed E-state index contributed by atoms with van der Waals surface area (Å²) < 4.78 is 29.6. The van der Waals surface area contributed by atoms with Crippen LogP contribution >= 0.6 is 7.82 Å². The standard InChI is InChI=1S/C23H25O5P/c1-15-9-12-20(13-10-15)26-22-14-11-17(3)19(5)23(22)28-29(24,25)27-21-8-6-7-16(2)18(21)4/h6-14H,1-5H3,(H,24,25). The highest BCUT2D eigenvalue weighted by Crippen LogP contribution is 2.50. The lowest BCUT2D eigenvalue weighted by Crippen LogP contribution is -2.04. The van der Waals surface area contributed by atoms with Gasteiger partial charge in [0.2, 0.25) is 0 Å². The summed E-state index contributed by atoms with van der Waals surface area (Å²) in [6.07, 6.45) is 0. The van der Waals surface area contributed by atoms with Crippen LogP contribution in [-0.2, 0) is 4.57 Å². The summed E-state index contributed by atoms with van der Waals surface area (Å²) in [6.45, 7) is 9.43. The van der Waals surface area contributed by atoms with Gasteiger partial charge < -0.3 is 13.8 Å². The van der Waals surface area contributed by atoms with Crippen LogP contribution in [-0.4, -0.2) is 4.89 Å². The van der Waals surface area contributed by atoms with Crippen LogP contribution in [0.3, 0.4) is 0 Å². The number of hydrogen-bond donors (Lipinski definition) is 1. The Morgan fingerprint density at radius 2 is 1.38 bits per heavy atom. The lowest BCUT2D eigenvalue weighted by Gasteiger charge is -2.20. The Morgan fingerprint density at radius 3 is 2.07 bits per heavy atom. The van der Waals surface area contributed by atoms with Crippen LogP contribution in [0.5, 0.6) is 23.0 Å². The quantitative estimate of drug-likeness (QED) is 0.463. The third-order valence-corrected chi connectivity index (χ3v) is 5.71. The largest absolute Gasteiger partial charge is 0.585 e. The Hall–Kier alpha value is -2.75. The van der Waals surface area contributed by atoms with Crippen molar-refractivity contribution in [2.45, 2.75) is 34.6 Å². The monoisotopic (exact) mass is 412 g/mol. The molecule has 0 amide bonds. The van der Waals surface area contributed by atoms with Gasteiger partial charge in [0.05, 0.1) is 0 Å². The maximum atomic E-state index is 12.8. The highest BCUT2D eigenvalue weighted by atomic mass is 31.2. The van der Waals surface area contributed by atoms with Crippen LogP contribution in [0.25, 0.3) is 0 Å². The topological polar surface area (TPSA) is 65.0 Å². The zero-order valence-electron chi connectivity index (χ0n) is 17.2. The molecule has 0 aliphatic carbocycles. The Morgan fingerprint density at radius 1 is 0.724 bits per heavy atom. The molecule has 0 spiro atoms. The Labute approximate surface area is 171 Å². The molecule has 0 saturated carbocycles. The first-order valence-corrected chi connectivity index (χ1v) is 10.8. The van der Waals surface area contributed by atoms with Crippen molar-refractivity contribution in [1.82, 2.24) is 0 Å². The lowest BCUT2D eigenvalue weighted by molar-refractivity contribution is 0.284. The normalized spacial score (nSPS) is 12.9. The van der Waals surface area contributed by atoms with Crippen LogP contribution in [0, 0.1) is 34.6 Å². The zero-order valence-corrected chi connectivity index (χ0v) is 18.1. The molecule has 0 heterocycles. The van der Waals surface area contributed by atoms with Crippen LogP contribution in [0.15, 0.2) is 54.6 Å². The Kier molecular flexibility index (Phi) is 6.02. The highest BCUT2D eigenvalue weighted by Gasteiger charge is 2.29. The first kappa shape index (κ1) is 21.0. The van der Waals surface area contributed by atoms with Crippen LogP contribution in [0.2, 0.25) is 0 Å². The SMILES string of the molecule is Cc1ccc(Oc2ccc(C)c(C)c2OP(=O)(O)Oc2cccc(C)c2C)cc1. The minimum atomic E-state index is -4.45. The number of rotatable bonds is 6. The van der Waals surface area contributed by atoms with E-state index in [-0.39, 0.29) is 5.75 Å². The van der Waals surface area contributed by atoms with Crippen LogP contribution in [0.4, 0.5) is 0 Å². The molecule has 3 aromatic rings. The van der Waals surface area contributed by atoms with E-state index in [0.717, 1.165) is 22.3 Å². The summed E-state index contributed by atoms with van der Waals surface area (Å²) in [4.78, 5) is 10.4. The predicted octanol–water partition coefficient (Wildman–Crippen LogP) is 6.58. The van der Waals surface area contributed by atoms with Gasteiger partial charge in [-0.1, -0.05) is 35.9 Å². The smallest absolute Gasteiger partial charge is 0.453 e. The third kappa shape index (κ3) is 5.00. The van der Waals surface area contributed by atoms with Crippen molar-refractivity contribution in [3.63, 3.8) is 0 Å². The molecular weight excluding hydrogens is 387 g/mol. The molecule has 152 valence electrons. The molecule has 0 aliphatic heterocycles. The molecule has 3 aromatic carbocycles. The summed E-state index contributed by atoms with van der Waals surface area (Å²) >= 11 is 0. The van der Waals surface area contributed by atoms with E-state index in [1.54, 1.807) is 18.2 Å². The summed E-state index contributed by atoms with van der Waals surface area (Å²) in [7, 11) is -4.45. The molecule has 1 unspecified atom stereocenters. The molecule has 0 fully saturated rings. The van der Waals surface area contributed by atoms with Crippen LogP contribution in [0.1, 0.15) is 27.8 Å². The van der Waals surface area contributed by atoms with Crippen molar-refractivity contribution >= 4 is 7.82 Å². The van der Waals surface area contributed by atoms with Gasteiger partial charge in [-0.15, -0.1) is 0 Å². The van der Waals surface area contributed by atoms with Crippen molar-refractivity contribution in [2.75, 3.05) is 0 Å². The molecule has 0 radical (unpaired) electrons. The van der Waals surface area contributed by atoms with Gasteiger partial charge in [-0.05, 0) is 81.1 Å². The van der Waals surface area contributed by atoms with Crippen molar-refractivity contribution in [1.29, 1.82) is 0 Å². The molecular formula is C23H25O5P. The number of phosphoric ester groups is 1. The van der Waals surface area contributed by atoms with Gasteiger partial charge in [0, 0.05) is 0 Å². The average Bonchev–Trinajstić information content (AvgIpc) is 2.66. The summed E-state index contributed by atoms with van der Waals surface area (Å²) in [5, 5.41) is 0. The van der Waals surface area contributed by atoms with Crippen molar-refractivity contribution in [3.05, 3.63) is 82.4 Å². The fourth-order valence-electron chi connectivity index (χ4n) is 2.77. The molecule has 3 rings (SSSR count). The number of ether oxygens (including phenoxy) is 1. The second-order valence-electron chi connectivity index (χ2n) is 7.10. The maximum Gasteiger partial charge on any atom is 0.585 e. The molecule has 6 heteroatoms. The lowest BCUT2D eigenvalue weighted by atomic mass is 10.1. The van der Waals surface area contributed by atoms with Crippen molar-refractivity contribution < 1.29 is 23.2 Å². The second-order valence-corrected chi connectivity index (χ2v) is 8.40. The minimum Gasteiger partial charge on any atom is -0.453 e. The van der Waals surface area contributed by atoms with E-state index in [2.05, 4.69) is 0 Å². The van der Waals surface area contributed by atoms with E-state index in [4.69, 9.17) is 13.8 Å². The molecule has 5 nitrogen and oxygen atoms in total. The van der Waals surface area contributed by atoms with E-state index in [1.807, 2.05) is 71.0 Å². The number of benzene rings is 3. The highest BCUT2D eigenvalue weighted by molar-refractivity contribution is 7.48. The molecule has 0 bridgehead atoms. The fraction of sp³-hybridized carbons (Fsp3) is 0.217.